The minimum Gasteiger partial charge on any atom is -0.265 e. The smallest absolute Gasteiger partial charge is 0.265 e. The van der Waals surface area contributed by atoms with Crippen molar-refractivity contribution in [3.63, 3.8) is 0 Å². The molecule has 0 fully saturated rings. The molecule has 0 saturated heterocycles. The summed E-state index contributed by atoms with van der Waals surface area (Å²) >= 11 is 1.53. The van der Waals surface area contributed by atoms with Crippen molar-refractivity contribution in [3.05, 3.63) is 21.6 Å². The van der Waals surface area contributed by atoms with Gasteiger partial charge in [0, 0.05) is 5.92 Å². The molecule has 0 aliphatic carbocycles. The van der Waals surface area contributed by atoms with Crippen LogP contribution in [0.3, 0.4) is 0 Å². The molecule has 2 heterocycles. The fourth-order valence-corrected chi connectivity index (χ4v) is 1.99. The molecule has 2 rings (SSSR count). The number of hydrogen-bond acceptors (Lipinski definition) is 4. The van der Waals surface area contributed by atoms with Crippen molar-refractivity contribution in [2.45, 2.75) is 19.8 Å². The number of nitrogens with one attached hydrogen (secondary N) is 1. The summed E-state index contributed by atoms with van der Waals surface area (Å²) in [5.41, 5.74) is 0.296. The van der Waals surface area contributed by atoms with Crippen LogP contribution in [0.15, 0.2) is 11.0 Å². The van der Waals surface area contributed by atoms with Crippen LogP contribution in [0.1, 0.15) is 24.8 Å². The van der Waals surface area contributed by atoms with E-state index in [9.17, 15) is 4.79 Å². The van der Waals surface area contributed by atoms with Crippen molar-refractivity contribution < 1.29 is 0 Å². The van der Waals surface area contributed by atoms with Gasteiger partial charge in [-0.05, 0) is 0 Å². The molecule has 2 aromatic heterocycles. The first-order valence-electron chi connectivity index (χ1n) is 4.02. The summed E-state index contributed by atoms with van der Waals surface area (Å²) in [5, 5.41) is 7.06. The Kier molecular flexibility index (Phi) is 1.88. The van der Waals surface area contributed by atoms with Crippen molar-refractivity contribution in [3.8, 4) is 0 Å². The molecule has 0 saturated carbocycles. The van der Waals surface area contributed by atoms with Crippen molar-refractivity contribution in [2.75, 3.05) is 0 Å². The molecule has 0 unspecified atom stereocenters. The number of nitrogens with zero attached hydrogens (tertiary/aromatic N) is 2. The molecule has 0 bridgehead atoms. The third-order valence-corrected chi connectivity index (χ3v) is 3.02. The Labute approximate surface area is 78.6 Å². The van der Waals surface area contributed by atoms with Crippen LogP contribution < -0.4 is 5.56 Å². The average Bonchev–Trinajstić information content (AvgIpc) is 2.49. The zero-order valence-electron chi connectivity index (χ0n) is 7.37. The van der Waals surface area contributed by atoms with Gasteiger partial charge < -0.3 is 0 Å². The van der Waals surface area contributed by atoms with Crippen molar-refractivity contribution in [2.24, 2.45) is 0 Å². The second-order valence-electron chi connectivity index (χ2n) is 3.12. The predicted molar refractivity (Wildman–Crippen MR) is 52.1 cm³/mol. The number of aromatic nitrogens is 3. The molecule has 0 spiro atoms. The highest BCUT2D eigenvalue weighted by atomic mass is 32.1. The molecule has 0 amide bonds. The maximum atomic E-state index is 11.2. The van der Waals surface area contributed by atoms with Crippen LogP contribution in [0.2, 0.25) is 0 Å². The summed E-state index contributed by atoms with van der Waals surface area (Å²) in [4.78, 5) is 15.5. The molecule has 2 aromatic rings. The third kappa shape index (κ3) is 1.35. The number of hydrogen-bond donors (Lipinski definition) is 1. The molecule has 0 atom stereocenters. The van der Waals surface area contributed by atoms with E-state index in [2.05, 4.69) is 29.0 Å². The van der Waals surface area contributed by atoms with Crippen LogP contribution in [0.4, 0.5) is 0 Å². The van der Waals surface area contributed by atoms with Gasteiger partial charge >= 0.3 is 0 Å². The van der Waals surface area contributed by atoms with Crippen LogP contribution in [-0.2, 0) is 0 Å². The minimum atomic E-state index is -0.208. The molecule has 1 N–H and O–H groups in total. The molecule has 0 aliphatic heterocycles. The van der Waals surface area contributed by atoms with Gasteiger partial charge in [0.1, 0.15) is 5.52 Å². The quantitative estimate of drug-likeness (QED) is 0.750. The van der Waals surface area contributed by atoms with Gasteiger partial charge in [-0.15, -0.1) is 11.3 Å². The summed E-state index contributed by atoms with van der Waals surface area (Å²) in [6.45, 7) is 4.11. The van der Waals surface area contributed by atoms with E-state index in [-0.39, 0.29) is 5.56 Å². The molecule has 0 radical (unpaired) electrons. The van der Waals surface area contributed by atoms with Gasteiger partial charge in [-0.3, -0.25) is 4.79 Å². The Bertz CT molecular complexity index is 485. The van der Waals surface area contributed by atoms with Gasteiger partial charge in [-0.25, -0.2) is 10.1 Å². The van der Waals surface area contributed by atoms with E-state index in [1.165, 1.54) is 11.3 Å². The molecule has 4 nitrogen and oxygen atoms in total. The number of H-pyrrole nitrogens is 1. The van der Waals surface area contributed by atoms with Crippen molar-refractivity contribution in [1.82, 2.24) is 15.2 Å². The lowest BCUT2D eigenvalue weighted by Gasteiger charge is -1.94. The van der Waals surface area contributed by atoms with Gasteiger partial charge in [0.15, 0.2) is 0 Å². The molecule has 5 heteroatoms. The summed E-state index contributed by atoms with van der Waals surface area (Å²) < 4.78 is 0.854. The highest BCUT2D eigenvalue weighted by Crippen LogP contribution is 2.23. The monoisotopic (exact) mass is 195 g/mol. The predicted octanol–water partition coefficient (Wildman–Crippen LogP) is 1.50. The van der Waals surface area contributed by atoms with Crippen LogP contribution in [0.5, 0.6) is 0 Å². The van der Waals surface area contributed by atoms with Gasteiger partial charge in [-0.1, -0.05) is 13.8 Å². The SMILES string of the molecule is CC(C)c1nc2c(=O)[nH]ncc2s1. The summed E-state index contributed by atoms with van der Waals surface area (Å²) in [6, 6.07) is 0. The van der Waals surface area contributed by atoms with Gasteiger partial charge in [0.2, 0.25) is 0 Å². The molecule has 68 valence electrons. The highest BCUT2D eigenvalue weighted by molar-refractivity contribution is 7.18. The number of rotatable bonds is 1. The van der Waals surface area contributed by atoms with E-state index in [1.807, 2.05) is 0 Å². The van der Waals surface area contributed by atoms with Crippen LogP contribution in [0, 0.1) is 0 Å². The minimum absolute atomic E-state index is 0.208. The van der Waals surface area contributed by atoms with Crippen molar-refractivity contribution in [1.29, 1.82) is 0 Å². The van der Waals surface area contributed by atoms with E-state index in [1.54, 1.807) is 6.20 Å². The molecule has 13 heavy (non-hydrogen) atoms. The lowest BCUT2D eigenvalue weighted by Crippen LogP contribution is -2.06. The zero-order valence-corrected chi connectivity index (χ0v) is 8.18. The second kappa shape index (κ2) is 2.92. The first-order valence-corrected chi connectivity index (χ1v) is 4.84. The zero-order chi connectivity index (χ0) is 9.42. The summed E-state index contributed by atoms with van der Waals surface area (Å²) in [7, 11) is 0. The van der Waals surface area contributed by atoms with E-state index in [0.29, 0.717) is 11.4 Å². The Morgan fingerprint density at radius 1 is 1.54 bits per heavy atom. The van der Waals surface area contributed by atoms with E-state index in [0.717, 1.165) is 9.71 Å². The number of thiazole rings is 1. The van der Waals surface area contributed by atoms with Gasteiger partial charge in [-0.2, -0.15) is 5.10 Å². The van der Waals surface area contributed by atoms with Gasteiger partial charge in [0.05, 0.1) is 15.9 Å². The van der Waals surface area contributed by atoms with Crippen molar-refractivity contribution >= 4 is 21.6 Å². The maximum absolute atomic E-state index is 11.2. The Morgan fingerprint density at radius 3 is 2.92 bits per heavy atom. The summed E-state index contributed by atoms with van der Waals surface area (Å²) in [5.74, 6) is 0.358. The first kappa shape index (κ1) is 8.37. The van der Waals surface area contributed by atoms with E-state index in [4.69, 9.17) is 0 Å². The largest absolute Gasteiger partial charge is 0.291 e. The second-order valence-corrected chi connectivity index (χ2v) is 4.18. The van der Waals surface area contributed by atoms with E-state index >= 15 is 0 Å². The Morgan fingerprint density at radius 2 is 2.31 bits per heavy atom. The lowest BCUT2D eigenvalue weighted by atomic mass is 10.2. The normalized spacial score (nSPS) is 11.3. The number of aromatic amines is 1. The maximum Gasteiger partial charge on any atom is 0.291 e. The molecular weight excluding hydrogens is 186 g/mol. The topological polar surface area (TPSA) is 58.6 Å². The fraction of sp³-hybridized carbons (Fsp3) is 0.375. The third-order valence-electron chi connectivity index (χ3n) is 1.73. The molecule has 0 aromatic carbocycles. The average molecular weight is 195 g/mol. The fourth-order valence-electron chi connectivity index (χ4n) is 1.05. The van der Waals surface area contributed by atoms with Crippen LogP contribution in [-0.4, -0.2) is 15.2 Å². The van der Waals surface area contributed by atoms with Crippen LogP contribution in [0.25, 0.3) is 10.2 Å². The Hall–Kier alpha value is -1.23. The van der Waals surface area contributed by atoms with Gasteiger partial charge in [0.25, 0.3) is 5.56 Å². The number of fused-ring (bicyclic) bond motifs is 1. The van der Waals surface area contributed by atoms with Crippen LogP contribution >= 0.6 is 11.3 Å². The lowest BCUT2D eigenvalue weighted by molar-refractivity contribution is 0.855. The standard InChI is InChI=1S/C8H9N3OS/c1-4(2)8-10-6-5(13-8)3-9-11-7(6)12/h3-4H,1-2H3,(H,11,12). The first-order chi connectivity index (χ1) is 6.18. The highest BCUT2D eigenvalue weighted by Gasteiger charge is 2.09. The van der Waals surface area contributed by atoms with E-state index < -0.39 is 0 Å². The Balaban J connectivity index is 2.76. The molecule has 0 aliphatic rings. The molecular formula is C8H9N3OS. The summed E-state index contributed by atoms with van der Waals surface area (Å²) in [6.07, 6.45) is 1.64.